The summed E-state index contributed by atoms with van der Waals surface area (Å²) >= 11 is 0. The summed E-state index contributed by atoms with van der Waals surface area (Å²) in [5, 5.41) is 11.5. The lowest BCUT2D eigenvalue weighted by atomic mass is 10.1. The number of benzene rings is 1. The van der Waals surface area contributed by atoms with Crippen LogP contribution in [0.1, 0.15) is 42.0 Å². The lowest BCUT2D eigenvalue weighted by molar-refractivity contribution is 0.0932. The molecule has 124 valence electrons. The Kier molecular flexibility index (Phi) is 4.74. The van der Waals surface area contributed by atoms with Gasteiger partial charge in [0.1, 0.15) is 5.75 Å². The highest BCUT2D eigenvalue weighted by Crippen LogP contribution is 2.19. The topological polar surface area (TPSA) is 68.5 Å². The van der Waals surface area contributed by atoms with Crippen LogP contribution in [0.25, 0.3) is 5.65 Å². The smallest absolute Gasteiger partial charge is 0.252 e. The molecule has 6 nitrogen and oxygen atoms in total. The van der Waals surface area contributed by atoms with E-state index in [-0.39, 0.29) is 11.9 Å². The van der Waals surface area contributed by atoms with Crippen molar-refractivity contribution in [3.63, 3.8) is 0 Å². The van der Waals surface area contributed by atoms with Crippen LogP contribution in [0.15, 0.2) is 48.7 Å². The van der Waals surface area contributed by atoms with Gasteiger partial charge in [-0.15, -0.1) is 10.2 Å². The van der Waals surface area contributed by atoms with E-state index in [4.69, 9.17) is 4.74 Å². The lowest BCUT2D eigenvalue weighted by Crippen LogP contribution is -2.29. The van der Waals surface area contributed by atoms with Crippen molar-refractivity contribution in [2.24, 2.45) is 0 Å². The highest BCUT2D eigenvalue weighted by Gasteiger charge is 2.20. The van der Waals surface area contributed by atoms with E-state index in [1.807, 2.05) is 34.9 Å². The first-order chi connectivity index (χ1) is 11.7. The van der Waals surface area contributed by atoms with Crippen molar-refractivity contribution in [3.8, 4) is 5.75 Å². The molecule has 0 saturated heterocycles. The SMILES string of the molecule is CCC[C@H](NC(=O)c1cccc(OC)c1)c1nnc2ccccn12. The Morgan fingerprint density at radius 1 is 1.25 bits per heavy atom. The summed E-state index contributed by atoms with van der Waals surface area (Å²) in [4.78, 5) is 12.6. The van der Waals surface area contributed by atoms with Crippen molar-refractivity contribution >= 4 is 11.6 Å². The molecule has 0 spiro atoms. The molecular weight excluding hydrogens is 304 g/mol. The molecule has 0 unspecified atom stereocenters. The molecule has 0 bridgehead atoms. The molecular formula is C18H20N4O2. The fourth-order valence-corrected chi connectivity index (χ4v) is 2.66. The molecule has 0 aliphatic carbocycles. The summed E-state index contributed by atoms with van der Waals surface area (Å²) < 4.78 is 7.09. The van der Waals surface area contributed by atoms with Crippen LogP contribution >= 0.6 is 0 Å². The first-order valence-corrected chi connectivity index (χ1v) is 7.97. The minimum Gasteiger partial charge on any atom is -0.497 e. The number of methoxy groups -OCH3 is 1. The zero-order chi connectivity index (χ0) is 16.9. The highest BCUT2D eigenvalue weighted by atomic mass is 16.5. The molecule has 0 saturated carbocycles. The largest absolute Gasteiger partial charge is 0.497 e. The zero-order valence-corrected chi connectivity index (χ0v) is 13.8. The van der Waals surface area contributed by atoms with Gasteiger partial charge >= 0.3 is 0 Å². The van der Waals surface area contributed by atoms with Gasteiger partial charge in [-0.3, -0.25) is 9.20 Å². The summed E-state index contributed by atoms with van der Waals surface area (Å²) in [6, 6.07) is 12.6. The fourth-order valence-electron chi connectivity index (χ4n) is 2.66. The second-order valence-electron chi connectivity index (χ2n) is 5.53. The predicted octanol–water partition coefficient (Wildman–Crippen LogP) is 3.01. The number of amides is 1. The number of hydrogen-bond donors (Lipinski definition) is 1. The first-order valence-electron chi connectivity index (χ1n) is 7.97. The number of rotatable bonds is 6. The molecule has 1 N–H and O–H groups in total. The molecule has 3 aromatic rings. The molecule has 6 heteroatoms. The van der Waals surface area contributed by atoms with Crippen LogP contribution in [0.5, 0.6) is 5.75 Å². The molecule has 0 radical (unpaired) electrons. The Hall–Kier alpha value is -2.89. The summed E-state index contributed by atoms with van der Waals surface area (Å²) in [5.41, 5.74) is 1.33. The minimum atomic E-state index is -0.203. The fraction of sp³-hybridized carbons (Fsp3) is 0.278. The molecule has 0 fully saturated rings. The Morgan fingerprint density at radius 3 is 2.92 bits per heavy atom. The Balaban J connectivity index is 1.87. The molecule has 0 aliphatic heterocycles. The van der Waals surface area contributed by atoms with Crippen LogP contribution in [0, 0.1) is 0 Å². The van der Waals surface area contributed by atoms with Gasteiger partial charge in [0.25, 0.3) is 5.91 Å². The van der Waals surface area contributed by atoms with Crippen molar-refractivity contribution in [2.45, 2.75) is 25.8 Å². The number of hydrogen-bond acceptors (Lipinski definition) is 4. The third-order valence-electron chi connectivity index (χ3n) is 3.87. The summed E-state index contributed by atoms with van der Waals surface area (Å²) in [5.74, 6) is 1.24. The maximum atomic E-state index is 12.6. The summed E-state index contributed by atoms with van der Waals surface area (Å²) in [7, 11) is 1.58. The highest BCUT2D eigenvalue weighted by molar-refractivity contribution is 5.94. The number of carbonyl (C=O) groups is 1. The van der Waals surface area contributed by atoms with Crippen LogP contribution in [0.2, 0.25) is 0 Å². The van der Waals surface area contributed by atoms with E-state index in [1.165, 1.54) is 0 Å². The van der Waals surface area contributed by atoms with Gasteiger partial charge in [0.2, 0.25) is 0 Å². The van der Waals surface area contributed by atoms with Crippen molar-refractivity contribution in [2.75, 3.05) is 7.11 Å². The number of pyridine rings is 1. The monoisotopic (exact) mass is 324 g/mol. The van der Waals surface area contributed by atoms with Gasteiger partial charge in [-0.05, 0) is 36.8 Å². The van der Waals surface area contributed by atoms with Gasteiger partial charge in [0.05, 0.1) is 13.2 Å². The van der Waals surface area contributed by atoms with Crippen LogP contribution < -0.4 is 10.1 Å². The number of nitrogens with zero attached hydrogens (tertiary/aromatic N) is 3. The van der Waals surface area contributed by atoms with Gasteiger partial charge in [0.15, 0.2) is 11.5 Å². The van der Waals surface area contributed by atoms with E-state index in [2.05, 4.69) is 22.4 Å². The minimum absolute atomic E-state index is 0.153. The Morgan fingerprint density at radius 2 is 2.12 bits per heavy atom. The van der Waals surface area contributed by atoms with Crippen LogP contribution in [-0.2, 0) is 0 Å². The zero-order valence-electron chi connectivity index (χ0n) is 13.8. The molecule has 0 aliphatic rings. The number of ether oxygens (including phenoxy) is 1. The summed E-state index contributed by atoms with van der Waals surface area (Å²) in [6.45, 7) is 2.08. The van der Waals surface area contributed by atoms with E-state index in [0.717, 1.165) is 24.3 Å². The van der Waals surface area contributed by atoms with Gasteiger partial charge in [-0.2, -0.15) is 0 Å². The van der Waals surface area contributed by atoms with Gasteiger partial charge in [-0.25, -0.2) is 0 Å². The van der Waals surface area contributed by atoms with Crippen molar-refractivity contribution < 1.29 is 9.53 Å². The quantitative estimate of drug-likeness (QED) is 0.757. The van der Waals surface area contributed by atoms with Crippen molar-refractivity contribution in [1.82, 2.24) is 19.9 Å². The predicted molar refractivity (Wildman–Crippen MR) is 91.1 cm³/mol. The lowest BCUT2D eigenvalue weighted by Gasteiger charge is -2.17. The Labute approximate surface area is 140 Å². The van der Waals surface area contributed by atoms with Gasteiger partial charge in [0, 0.05) is 11.8 Å². The normalized spacial score (nSPS) is 12.1. The van der Waals surface area contributed by atoms with Crippen LogP contribution in [-0.4, -0.2) is 27.6 Å². The molecule has 1 amide bonds. The molecule has 3 rings (SSSR count). The molecule has 24 heavy (non-hydrogen) atoms. The maximum Gasteiger partial charge on any atom is 0.252 e. The number of fused-ring (bicyclic) bond motifs is 1. The number of carbonyl (C=O) groups excluding carboxylic acids is 1. The standard InChI is InChI=1S/C18H20N4O2/c1-3-7-15(17-21-20-16-10-4-5-11-22(16)17)19-18(23)13-8-6-9-14(12-13)24-2/h4-6,8-12,15H,3,7H2,1-2H3,(H,19,23)/t15-/m0/s1. The number of aromatic nitrogens is 3. The number of nitrogens with one attached hydrogen (secondary N) is 1. The second-order valence-corrected chi connectivity index (χ2v) is 5.53. The van der Waals surface area contributed by atoms with Crippen LogP contribution in [0.3, 0.4) is 0 Å². The van der Waals surface area contributed by atoms with E-state index in [0.29, 0.717) is 11.3 Å². The van der Waals surface area contributed by atoms with Crippen molar-refractivity contribution in [1.29, 1.82) is 0 Å². The third kappa shape index (κ3) is 3.22. The first kappa shape index (κ1) is 16.0. The van der Waals surface area contributed by atoms with Crippen molar-refractivity contribution in [3.05, 3.63) is 60.0 Å². The summed E-state index contributed by atoms with van der Waals surface area (Å²) in [6.07, 6.45) is 3.61. The van der Waals surface area contributed by atoms with Gasteiger partial charge in [-0.1, -0.05) is 25.5 Å². The van der Waals surface area contributed by atoms with Gasteiger partial charge < -0.3 is 10.1 Å². The molecule has 2 heterocycles. The molecule has 1 aromatic carbocycles. The average molecular weight is 324 g/mol. The average Bonchev–Trinajstić information content (AvgIpc) is 3.05. The third-order valence-corrected chi connectivity index (χ3v) is 3.87. The maximum absolute atomic E-state index is 12.6. The molecule has 1 atom stereocenters. The van der Waals surface area contributed by atoms with E-state index < -0.39 is 0 Å². The van der Waals surface area contributed by atoms with E-state index in [1.54, 1.807) is 25.3 Å². The molecule has 2 aromatic heterocycles. The second kappa shape index (κ2) is 7.12. The van der Waals surface area contributed by atoms with Crippen LogP contribution in [0.4, 0.5) is 0 Å². The Bertz CT molecular complexity index is 844. The van der Waals surface area contributed by atoms with E-state index in [9.17, 15) is 4.79 Å². The van der Waals surface area contributed by atoms with E-state index >= 15 is 0 Å².